The normalized spacial score (nSPS) is 19.6. The molecular weight excluding hydrogens is 434 g/mol. The molecule has 0 unspecified atom stereocenters. The highest BCUT2D eigenvalue weighted by atomic mass is 15.1. The Balaban J connectivity index is 1.38. The van der Waals surface area contributed by atoms with E-state index in [4.69, 9.17) is 0 Å². The molecule has 0 bridgehead atoms. The van der Waals surface area contributed by atoms with Gasteiger partial charge in [0, 0.05) is 24.5 Å². The predicted molar refractivity (Wildman–Crippen MR) is 158 cm³/mol. The van der Waals surface area contributed by atoms with Gasteiger partial charge in [-0.3, -0.25) is 0 Å². The molecule has 3 aromatic carbocycles. The van der Waals surface area contributed by atoms with Crippen LogP contribution >= 0.6 is 0 Å². The number of hydrogen-bond acceptors (Lipinski definition) is 1. The number of rotatable bonds is 4. The van der Waals surface area contributed by atoms with Gasteiger partial charge in [0.05, 0.1) is 0 Å². The quantitative estimate of drug-likeness (QED) is 0.368. The standard InChI is InChI=1S/C35H35N/c1-26-19-20-29(32-16-6-5-15-31(26)32)13-9-11-27-23-28(25-35(2,3)24-27)12-10-14-30-21-22-36(4)34-18-8-7-17-33(30)34/h5-23H,24-25H2,1-4H3/b12-10?,13-9?,27-11-,30-14?. The second-order valence-corrected chi connectivity index (χ2v) is 10.8. The summed E-state index contributed by atoms with van der Waals surface area (Å²) in [5.41, 5.74) is 9.38. The first-order valence-corrected chi connectivity index (χ1v) is 12.8. The van der Waals surface area contributed by atoms with Gasteiger partial charge in [-0.25, -0.2) is 0 Å². The minimum Gasteiger partial charge on any atom is -0.351 e. The van der Waals surface area contributed by atoms with E-state index in [0.717, 1.165) is 12.8 Å². The summed E-state index contributed by atoms with van der Waals surface area (Å²) in [7, 11) is 2.10. The first kappa shape index (κ1) is 23.9. The Morgan fingerprint density at radius 2 is 1.56 bits per heavy atom. The fraction of sp³-hybridized carbons (Fsp3) is 0.200. The Morgan fingerprint density at radius 1 is 0.806 bits per heavy atom. The monoisotopic (exact) mass is 469 g/mol. The zero-order chi connectivity index (χ0) is 25.1. The second kappa shape index (κ2) is 10.0. The highest BCUT2D eigenvalue weighted by Gasteiger charge is 2.24. The lowest BCUT2D eigenvalue weighted by atomic mass is 9.75. The summed E-state index contributed by atoms with van der Waals surface area (Å²) < 4.78 is 0. The average molecular weight is 470 g/mol. The molecule has 0 fully saturated rings. The van der Waals surface area contributed by atoms with Crippen molar-refractivity contribution in [2.24, 2.45) is 5.41 Å². The van der Waals surface area contributed by atoms with Crippen LogP contribution in [0.2, 0.25) is 0 Å². The molecular formula is C35H35N. The largest absolute Gasteiger partial charge is 0.351 e. The van der Waals surface area contributed by atoms with Crippen molar-refractivity contribution in [3.8, 4) is 0 Å². The van der Waals surface area contributed by atoms with Gasteiger partial charge in [-0.1, -0.05) is 111 Å². The molecule has 0 N–H and O–H groups in total. The molecule has 1 nitrogen and oxygen atoms in total. The van der Waals surface area contributed by atoms with Crippen molar-refractivity contribution in [1.29, 1.82) is 0 Å². The van der Waals surface area contributed by atoms with Crippen LogP contribution in [-0.2, 0) is 0 Å². The van der Waals surface area contributed by atoms with Crippen LogP contribution < -0.4 is 4.90 Å². The maximum Gasteiger partial charge on any atom is 0.0483 e. The molecule has 0 saturated carbocycles. The molecule has 1 aliphatic carbocycles. The van der Waals surface area contributed by atoms with Crippen molar-refractivity contribution in [1.82, 2.24) is 0 Å². The van der Waals surface area contributed by atoms with Gasteiger partial charge in [-0.15, -0.1) is 0 Å². The van der Waals surface area contributed by atoms with Crippen LogP contribution in [0.4, 0.5) is 5.69 Å². The molecule has 0 aromatic heterocycles. The fourth-order valence-electron chi connectivity index (χ4n) is 5.42. The zero-order valence-electron chi connectivity index (χ0n) is 21.8. The summed E-state index contributed by atoms with van der Waals surface area (Å²) in [5, 5.41) is 2.64. The zero-order valence-corrected chi connectivity index (χ0v) is 21.8. The molecule has 0 saturated heterocycles. The summed E-state index contributed by atoms with van der Waals surface area (Å²) in [5.74, 6) is 0. The number of anilines is 1. The number of aryl methyl sites for hydroxylation is 1. The molecule has 2 aliphatic rings. The fourth-order valence-corrected chi connectivity index (χ4v) is 5.42. The van der Waals surface area contributed by atoms with E-state index in [-0.39, 0.29) is 5.41 Å². The van der Waals surface area contributed by atoms with Crippen LogP contribution in [0.3, 0.4) is 0 Å². The van der Waals surface area contributed by atoms with Crippen LogP contribution in [0.5, 0.6) is 0 Å². The van der Waals surface area contributed by atoms with E-state index in [0.29, 0.717) is 0 Å². The molecule has 0 atom stereocenters. The molecule has 0 spiro atoms. The highest BCUT2D eigenvalue weighted by molar-refractivity contribution is 5.93. The first-order valence-electron chi connectivity index (χ1n) is 12.8. The van der Waals surface area contributed by atoms with Crippen LogP contribution in [0, 0.1) is 12.3 Å². The van der Waals surface area contributed by atoms with Crippen molar-refractivity contribution in [2.45, 2.75) is 33.6 Å². The number of para-hydroxylation sites is 1. The van der Waals surface area contributed by atoms with Crippen LogP contribution in [0.25, 0.3) is 22.4 Å². The van der Waals surface area contributed by atoms with Gasteiger partial charge in [0.15, 0.2) is 0 Å². The molecule has 3 aromatic rings. The van der Waals surface area contributed by atoms with E-state index in [9.17, 15) is 0 Å². The third-order valence-corrected chi connectivity index (χ3v) is 7.16. The molecule has 5 rings (SSSR count). The Labute approximate surface area is 216 Å². The van der Waals surface area contributed by atoms with Crippen LogP contribution in [0.1, 0.15) is 43.4 Å². The van der Waals surface area contributed by atoms with E-state index in [1.54, 1.807) is 0 Å². The Bertz CT molecular complexity index is 1470. The van der Waals surface area contributed by atoms with Crippen molar-refractivity contribution in [3.05, 3.63) is 137 Å². The summed E-state index contributed by atoms with van der Waals surface area (Å²) in [6, 6.07) is 21.7. The highest BCUT2D eigenvalue weighted by Crippen LogP contribution is 2.39. The SMILES string of the molecule is Cc1ccc(C=C/C=C2/C=C(C=CC=C3C=CN(C)c4ccccc43)CC(C)(C)C2)c2ccccc12. The topological polar surface area (TPSA) is 3.24 Å². The van der Waals surface area contributed by atoms with Crippen LogP contribution in [0.15, 0.2) is 121 Å². The molecule has 36 heavy (non-hydrogen) atoms. The number of hydrogen-bond donors (Lipinski definition) is 0. The molecule has 1 heteroatoms. The molecule has 1 aliphatic heterocycles. The lowest BCUT2D eigenvalue weighted by Crippen LogP contribution is -2.16. The third-order valence-electron chi connectivity index (χ3n) is 7.16. The summed E-state index contributed by atoms with van der Waals surface area (Å²) >= 11 is 0. The molecule has 0 radical (unpaired) electrons. The van der Waals surface area contributed by atoms with E-state index < -0.39 is 0 Å². The van der Waals surface area contributed by atoms with Gasteiger partial charge >= 0.3 is 0 Å². The number of nitrogens with zero attached hydrogens (tertiary/aromatic N) is 1. The van der Waals surface area contributed by atoms with Gasteiger partial charge in [-0.05, 0) is 75.9 Å². The van der Waals surface area contributed by atoms with Crippen LogP contribution in [-0.4, -0.2) is 7.05 Å². The Hall–Kier alpha value is -3.84. The van der Waals surface area contributed by atoms with Gasteiger partial charge < -0.3 is 4.90 Å². The average Bonchev–Trinajstić information content (AvgIpc) is 2.86. The minimum absolute atomic E-state index is 0.248. The molecule has 1 heterocycles. The van der Waals surface area contributed by atoms with Gasteiger partial charge in [0.2, 0.25) is 0 Å². The molecule has 180 valence electrons. The predicted octanol–water partition coefficient (Wildman–Crippen LogP) is 9.44. The maximum atomic E-state index is 2.37. The van der Waals surface area contributed by atoms with Crippen molar-refractivity contribution in [2.75, 3.05) is 11.9 Å². The van der Waals surface area contributed by atoms with Crippen molar-refractivity contribution >= 4 is 28.1 Å². The van der Waals surface area contributed by atoms with E-state index in [1.165, 1.54) is 49.9 Å². The number of allylic oxidation sites excluding steroid dienone is 10. The maximum absolute atomic E-state index is 2.37. The number of fused-ring (bicyclic) bond motifs is 2. The summed E-state index contributed by atoms with van der Waals surface area (Å²) in [6.45, 7) is 6.92. The van der Waals surface area contributed by atoms with Gasteiger partial charge in [0.1, 0.15) is 0 Å². The summed E-state index contributed by atoms with van der Waals surface area (Å²) in [4.78, 5) is 2.17. The smallest absolute Gasteiger partial charge is 0.0483 e. The van der Waals surface area contributed by atoms with E-state index in [1.807, 2.05) is 0 Å². The Kier molecular flexibility index (Phi) is 6.65. The third kappa shape index (κ3) is 5.21. The van der Waals surface area contributed by atoms with Gasteiger partial charge in [0.25, 0.3) is 0 Å². The first-order chi connectivity index (χ1) is 17.4. The lowest BCUT2D eigenvalue weighted by molar-refractivity contribution is 0.355. The summed E-state index contributed by atoms with van der Waals surface area (Å²) in [6.07, 6.45) is 22.4. The second-order valence-electron chi connectivity index (χ2n) is 10.8. The van der Waals surface area contributed by atoms with E-state index >= 15 is 0 Å². The Morgan fingerprint density at radius 3 is 2.42 bits per heavy atom. The van der Waals surface area contributed by atoms with E-state index in [2.05, 4.69) is 148 Å². The van der Waals surface area contributed by atoms with Crippen molar-refractivity contribution in [3.63, 3.8) is 0 Å². The molecule has 0 amide bonds. The van der Waals surface area contributed by atoms with Crippen molar-refractivity contribution < 1.29 is 0 Å². The minimum atomic E-state index is 0.248. The lowest BCUT2D eigenvalue weighted by Gasteiger charge is -2.30. The number of benzene rings is 3. The van der Waals surface area contributed by atoms with Gasteiger partial charge in [-0.2, -0.15) is 0 Å².